The molecule has 0 aliphatic rings. The van der Waals surface area contributed by atoms with E-state index in [0.29, 0.717) is 6.54 Å². The maximum Gasteiger partial charge on any atom is 0.117 e. The average Bonchev–Trinajstić information content (AvgIpc) is 2.85. The Labute approximate surface area is 107 Å². The molecule has 2 rings (SSSR count). The number of pyridine rings is 1. The molecule has 4 heteroatoms. The van der Waals surface area contributed by atoms with Crippen LogP contribution >= 0.6 is 0 Å². The van der Waals surface area contributed by atoms with Crippen molar-refractivity contribution in [2.45, 2.75) is 19.5 Å². The van der Waals surface area contributed by atoms with E-state index in [0.717, 1.165) is 12.3 Å². The zero-order valence-electron chi connectivity index (χ0n) is 10.8. The Kier molecular flexibility index (Phi) is 4.12. The van der Waals surface area contributed by atoms with Crippen LogP contribution in [0.15, 0.2) is 41.3 Å². The van der Waals surface area contributed by atoms with Gasteiger partial charge in [0.25, 0.3) is 0 Å². The molecule has 18 heavy (non-hydrogen) atoms. The number of hydrogen-bond acceptors (Lipinski definition) is 4. The Balaban J connectivity index is 2.16. The van der Waals surface area contributed by atoms with Crippen LogP contribution in [0.1, 0.15) is 22.9 Å². The lowest BCUT2D eigenvalue weighted by atomic mass is 10.0. The zero-order valence-corrected chi connectivity index (χ0v) is 10.8. The minimum Gasteiger partial charge on any atom is -0.468 e. The largest absolute Gasteiger partial charge is 0.468 e. The van der Waals surface area contributed by atoms with Crippen molar-refractivity contribution in [3.8, 4) is 0 Å². The van der Waals surface area contributed by atoms with Crippen LogP contribution in [0.2, 0.25) is 0 Å². The third-order valence-electron chi connectivity index (χ3n) is 3.18. The predicted molar refractivity (Wildman–Crippen MR) is 70.9 cm³/mol. The molecule has 4 nitrogen and oxygen atoms in total. The van der Waals surface area contributed by atoms with Crippen molar-refractivity contribution in [2.24, 2.45) is 5.73 Å². The van der Waals surface area contributed by atoms with Crippen molar-refractivity contribution in [3.05, 3.63) is 53.7 Å². The van der Waals surface area contributed by atoms with E-state index < -0.39 is 0 Å². The molecular formula is C14H19N3O. The fourth-order valence-electron chi connectivity index (χ4n) is 2.13. The molecule has 0 bridgehead atoms. The standard InChI is InChI=1S/C14H19N3O/c1-11-5-6-16-9-13(11)14(8-15)17(2)10-12-4-3-7-18-12/h3-7,9,14H,8,10,15H2,1-2H3. The van der Waals surface area contributed by atoms with Crippen LogP contribution in [0.4, 0.5) is 0 Å². The fraction of sp³-hybridized carbons (Fsp3) is 0.357. The van der Waals surface area contributed by atoms with Crippen molar-refractivity contribution < 1.29 is 4.42 Å². The van der Waals surface area contributed by atoms with Gasteiger partial charge in [-0.2, -0.15) is 0 Å². The first-order valence-electron chi connectivity index (χ1n) is 6.05. The van der Waals surface area contributed by atoms with Crippen molar-refractivity contribution in [1.29, 1.82) is 0 Å². The number of aromatic nitrogens is 1. The van der Waals surface area contributed by atoms with E-state index in [1.54, 1.807) is 12.5 Å². The van der Waals surface area contributed by atoms with Gasteiger partial charge in [-0.05, 0) is 43.3 Å². The number of aryl methyl sites for hydroxylation is 1. The van der Waals surface area contributed by atoms with Crippen LogP contribution in [0.5, 0.6) is 0 Å². The van der Waals surface area contributed by atoms with Gasteiger partial charge in [-0.3, -0.25) is 9.88 Å². The summed E-state index contributed by atoms with van der Waals surface area (Å²) in [6.07, 6.45) is 5.39. The van der Waals surface area contributed by atoms with E-state index >= 15 is 0 Å². The molecule has 2 heterocycles. The molecule has 0 amide bonds. The molecular weight excluding hydrogens is 226 g/mol. The summed E-state index contributed by atoms with van der Waals surface area (Å²) in [4.78, 5) is 6.37. The number of nitrogens with two attached hydrogens (primary N) is 1. The smallest absolute Gasteiger partial charge is 0.117 e. The summed E-state index contributed by atoms with van der Waals surface area (Å²) < 4.78 is 5.37. The second-order valence-corrected chi connectivity index (χ2v) is 4.48. The van der Waals surface area contributed by atoms with Gasteiger partial charge < -0.3 is 10.2 Å². The minimum absolute atomic E-state index is 0.156. The van der Waals surface area contributed by atoms with Gasteiger partial charge in [0.05, 0.1) is 12.8 Å². The number of nitrogens with zero attached hydrogens (tertiary/aromatic N) is 2. The highest BCUT2D eigenvalue weighted by molar-refractivity contribution is 5.25. The SMILES string of the molecule is Cc1ccncc1C(CN)N(C)Cc1ccco1. The van der Waals surface area contributed by atoms with Crippen molar-refractivity contribution in [1.82, 2.24) is 9.88 Å². The van der Waals surface area contributed by atoms with Crippen molar-refractivity contribution in [2.75, 3.05) is 13.6 Å². The second kappa shape index (κ2) is 5.80. The van der Waals surface area contributed by atoms with Gasteiger partial charge in [-0.1, -0.05) is 0 Å². The second-order valence-electron chi connectivity index (χ2n) is 4.48. The Bertz CT molecular complexity index is 482. The molecule has 0 aliphatic carbocycles. The first-order valence-corrected chi connectivity index (χ1v) is 6.05. The quantitative estimate of drug-likeness (QED) is 0.876. The van der Waals surface area contributed by atoms with Gasteiger partial charge in [0, 0.05) is 25.0 Å². The highest BCUT2D eigenvalue weighted by atomic mass is 16.3. The van der Waals surface area contributed by atoms with E-state index in [4.69, 9.17) is 10.2 Å². The van der Waals surface area contributed by atoms with Crippen LogP contribution in [0.3, 0.4) is 0 Å². The summed E-state index contributed by atoms with van der Waals surface area (Å²) in [6, 6.07) is 6.04. The predicted octanol–water partition coefficient (Wildman–Crippen LogP) is 2.11. The Morgan fingerprint density at radius 3 is 2.89 bits per heavy atom. The van der Waals surface area contributed by atoms with Gasteiger partial charge >= 0.3 is 0 Å². The molecule has 0 saturated carbocycles. The summed E-state index contributed by atoms with van der Waals surface area (Å²) in [5.74, 6) is 0.942. The summed E-state index contributed by atoms with van der Waals surface area (Å²) in [7, 11) is 2.05. The molecule has 2 aromatic rings. The molecule has 0 saturated heterocycles. The monoisotopic (exact) mass is 245 g/mol. The number of likely N-dealkylation sites (N-methyl/N-ethyl adjacent to an activating group) is 1. The minimum atomic E-state index is 0.156. The van der Waals surface area contributed by atoms with Crippen molar-refractivity contribution >= 4 is 0 Å². The third-order valence-corrected chi connectivity index (χ3v) is 3.18. The summed E-state index contributed by atoms with van der Waals surface area (Å²) >= 11 is 0. The van der Waals surface area contributed by atoms with Gasteiger partial charge in [0.1, 0.15) is 5.76 Å². The van der Waals surface area contributed by atoms with E-state index in [9.17, 15) is 0 Å². The first kappa shape index (κ1) is 12.8. The normalized spacial score (nSPS) is 12.9. The molecule has 2 aromatic heterocycles. The Morgan fingerprint density at radius 2 is 2.28 bits per heavy atom. The molecule has 0 aromatic carbocycles. The lowest BCUT2D eigenvalue weighted by Gasteiger charge is -2.27. The van der Waals surface area contributed by atoms with Crippen LogP contribution in [0, 0.1) is 6.92 Å². The van der Waals surface area contributed by atoms with E-state index in [2.05, 4.69) is 16.8 Å². The molecule has 0 aliphatic heterocycles. The maximum absolute atomic E-state index is 5.90. The molecule has 1 unspecified atom stereocenters. The van der Waals surface area contributed by atoms with Crippen LogP contribution in [-0.4, -0.2) is 23.5 Å². The summed E-state index contributed by atoms with van der Waals surface area (Å²) in [6.45, 7) is 3.38. The Morgan fingerprint density at radius 1 is 1.44 bits per heavy atom. The Hall–Kier alpha value is -1.65. The lowest BCUT2D eigenvalue weighted by Crippen LogP contribution is -2.30. The number of rotatable bonds is 5. The first-order chi connectivity index (χ1) is 8.72. The van der Waals surface area contributed by atoms with E-state index in [1.807, 2.05) is 31.4 Å². The number of hydrogen-bond donors (Lipinski definition) is 1. The molecule has 0 spiro atoms. The van der Waals surface area contributed by atoms with Crippen LogP contribution < -0.4 is 5.73 Å². The molecule has 2 N–H and O–H groups in total. The van der Waals surface area contributed by atoms with E-state index in [-0.39, 0.29) is 6.04 Å². The topological polar surface area (TPSA) is 55.3 Å². The third kappa shape index (κ3) is 2.78. The molecule has 96 valence electrons. The highest BCUT2D eigenvalue weighted by Crippen LogP contribution is 2.22. The summed E-state index contributed by atoms with van der Waals surface area (Å²) in [5.41, 5.74) is 8.29. The molecule has 0 fully saturated rings. The maximum atomic E-state index is 5.90. The molecule has 0 radical (unpaired) electrons. The lowest BCUT2D eigenvalue weighted by molar-refractivity contribution is 0.222. The van der Waals surface area contributed by atoms with Crippen molar-refractivity contribution in [3.63, 3.8) is 0 Å². The van der Waals surface area contributed by atoms with Crippen LogP contribution in [0.25, 0.3) is 0 Å². The molecule has 1 atom stereocenters. The average molecular weight is 245 g/mol. The zero-order chi connectivity index (χ0) is 13.0. The van der Waals surface area contributed by atoms with Gasteiger partial charge in [0.2, 0.25) is 0 Å². The summed E-state index contributed by atoms with van der Waals surface area (Å²) in [5, 5.41) is 0. The van der Waals surface area contributed by atoms with E-state index in [1.165, 1.54) is 11.1 Å². The van der Waals surface area contributed by atoms with Gasteiger partial charge in [-0.15, -0.1) is 0 Å². The fourth-order valence-corrected chi connectivity index (χ4v) is 2.13. The number of furan rings is 1. The highest BCUT2D eigenvalue weighted by Gasteiger charge is 2.18. The van der Waals surface area contributed by atoms with Gasteiger partial charge in [-0.25, -0.2) is 0 Å². The van der Waals surface area contributed by atoms with Gasteiger partial charge in [0.15, 0.2) is 0 Å². The van der Waals surface area contributed by atoms with Crippen LogP contribution in [-0.2, 0) is 6.54 Å².